The van der Waals surface area contributed by atoms with E-state index in [1.807, 2.05) is 29.7 Å². The quantitative estimate of drug-likeness (QED) is 0.649. The van der Waals surface area contributed by atoms with Gasteiger partial charge in [0.05, 0.1) is 5.69 Å². The number of nitrogens with one attached hydrogen (secondary N) is 1. The van der Waals surface area contributed by atoms with Crippen LogP contribution in [0.1, 0.15) is 12.7 Å². The molecule has 2 aromatic rings. The fourth-order valence-corrected chi connectivity index (χ4v) is 2.84. The third-order valence-corrected chi connectivity index (χ3v) is 3.58. The van der Waals surface area contributed by atoms with E-state index in [2.05, 4.69) is 32.8 Å². The summed E-state index contributed by atoms with van der Waals surface area (Å²) in [6.45, 7) is 2.05. The number of hydrogen-bond donors (Lipinski definition) is 1. The van der Waals surface area contributed by atoms with Gasteiger partial charge in [-0.05, 0) is 53.0 Å². The molecule has 1 N–H and O–H groups in total. The Hall–Kier alpha value is -0.400. The standard InChI is InChI=1S/C10H9ClIN3S/c1-2-9-13-14-10(16)15(9)8-4-3-6(11)5-7(8)12/h3-5H,2H2,1H3,(H,14,16). The topological polar surface area (TPSA) is 33.6 Å². The van der Waals surface area contributed by atoms with Crippen LogP contribution in [-0.2, 0) is 6.42 Å². The predicted octanol–water partition coefficient (Wildman–Crippen LogP) is 3.75. The SMILES string of the molecule is CCc1n[nH]c(=S)n1-c1ccc(Cl)cc1I. The minimum Gasteiger partial charge on any atom is -0.271 e. The molecule has 1 heterocycles. The Morgan fingerprint density at radius 3 is 2.94 bits per heavy atom. The summed E-state index contributed by atoms with van der Waals surface area (Å²) >= 11 is 13.4. The molecule has 0 unspecified atom stereocenters. The summed E-state index contributed by atoms with van der Waals surface area (Å²) in [6, 6.07) is 5.72. The maximum atomic E-state index is 5.93. The first-order valence-electron chi connectivity index (χ1n) is 4.75. The Morgan fingerprint density at radius 2 is 2.31 bits per heavy atom. The first-order chi connectivity index (χ1) is 7.63. The number of nitrogens with zero attached hydrogens (tertiary/aromatic N) is 2. The Morgan fingerprint density at radius 1 is 1.56 bits per heavy atom. The van der Waals surface area contributed by atoms with Crippen LogP contribution >= 0.6 is 46.4 Å². The summed E-state index contributed by atoms with van der Waals surface area (Å²) in [7, 11) is 0. The number of H-pyrrole nitrogens is 1. The molecule has 84 valence electrons. The van der Waals surface area contributed by atoms with Crippen molar-refractivity contribution in [3.8, 4) is 5.69 Å². The molecule has 0 aliphatic heterocycles. The van der Waals surface area contributed by atoms with Crippen molar-refractivity contribution in [2.75, 3.05) is 0 Å². The van der Waals surface area contributed by atoms with E-state index in [1.54, 1.807) is 0 Å². The number of aromatic amines is 1. The Labute approximate surface area is 117 Å². The van der Waals surface area contributed by atoms with Crippen LogP contribution in [0.3, 0.4) is 0 Å². The number of halogens is 2. The third-order valence-electron chi connectivity index (χ3n) is 2.21. The highest BCUT2D eigenvalue weighted by atomic mass is 127. The molecule has 0 spiro atoms. The molecule has 0 aliphatic rings. The highest BCUT2D eigenvalue weighted by molar-refractivity contribution is 14.1. The lowest BCUT2D eigenvalue weighted by atomic mass is 10.3. The van der Waals surface area contributed by atoms with Crippen molar-refractivity contribution in [3.63, 3.8) is 0 Å². The van der Waals surface area contributed by atoms with Crippen LogP contribution in [0.4, 0.5) is 0 Å². The molecule has 0 bridgehead atoms. The number of hydrogen-bond acceptors (Lipinski definition) is 2. The zero-order valence-corrected chi connectivity index (χ0v) is 12.2. The molecule has 1 aromatic heterocycles. The van der Waals surface area contributed by atoms with Crippen molar-refractivity contribution in [2.24, 2.45) is 0 Å². The molecule has 6 heteroatoms. The van der Waals surface area contributed by atoms with Crippen molar-refractivity contribution in [1.82, 2.24) is 14.8 Å². The summed E-state index contributed by atoms with van der Waals surface area (Å²) in [5, 5.41) is 7.71. The van der Waals surface area contributed by atoms with Crippen molar-refractivity contribution >= 4 is 46.4 Å². The predicted molar refractivity (Wildman–Crippen MR) is 75.9 cm³/mol. The zero-order chi connectivity index (χ0) is 11.7. The lowest BCUT2D eigenvalue weighted by molar-refractivity contribution is 0.877. The van der Waals surface area contributed by atoms with E-state index in [4.69, 9.17) is 23.8 Å². The highest BCUT2D eigenvalue weighted by Gasteiger charge is 2.09. The largest absolute Gasteiger partial charge is 0.271 e. The molecule has 3 nitrogen and oxygen atoms in total. The van der Waals surface area contributed by atoms with Gasteiger partial charge in [-0.15, -0.1) is 0 Å². The second-order valence-electron chi connectivity index (χ2n) is 3.23. The van der Waals surface area contributed by atoms with Crippen LogP contribution in [0, 0.1) is 8.34 Å². The van der Waals surface area contributed by atoms with Gasteiger partial charge in [0.15, 0.2) is 4.77 Å². The average Bonchev–Trinajstić information content (AvgIpc) is 2.60. The van der Waals surface area contributed by atoms with Crippen LogP contribution in [0.2, 0.25) is 5.02 Å². The molecule has 16 heavy (non-hydrogen) atoms. The molecule has 0 radical (unpaired) electrons. The molecule has 0 amide bonds. The second kappa shape index (κ2) is 4.85. The summed E-state index contributed by atoms with van der Waals surface area (Å²) in [5.74, 6) is 0.922. The van der Waals surface area contributed by atoms with Crippen LogP contribution in [0.25, 0.3) is 5.69 Å². The summed E-state index contributed by atoms with van der Waals surface area (Å²) in [5.41, 5.74) is 1.01. The van der Waals surface area contributed by atoms with Crippen LogP contribution in [-0.4, -0.2) is 14.8 Å². The number of benzene rings is 1. The van der Waals surface area contributed by atoms with Gasteiger partial charge in [0.2, 0.25) is 0 Å². The van der Waals surface area contributed by atoms with Gasteiger partial charge in [-0.3, -0.25) is 9.67 Å². The lowest BCUT2D eigenvalue weighted by Gasteiger charge is -2.08. The molecular weight excluding hydrogens is 357 g/mol. The summed E-state index contributed by atoms with van der Waals surface area (Å²) < 4.78 is 3.60. The molecule has 0 aliphatic carbocycles. The van der Waals surface area contributed by atoms with E-state index in [0.29, 0.717) is 4.77 Å². The van der Waals surface area contributed by atoms with E-state index in [9.17, 15) is 0 Å². The van der Waals surface area contributed by atoms with E-state index in [0.717, 1.165) is 26.5 Å². The summed E-state index contributed by atoms with van der Waals surface area (Å²) in [4.78, 5) is 0. The number of aromatic nitrogens is 3. The van der Waals surface area contributed by atoms with Crippen LogP contribution < -0.4 is 0 Å². The van der Waals surface area contributed by atoms with Crippen LogP contribution in [0.15, 0.2) is 18.2 Å². The molecule has 1 aromatic carbocycles. The summed E-state index contributed by atoms with van der Waals surface area (Å²) in [6.07, 6.45) is 0.825. The lowest BCUT2D eigenvalue weighted by Crippen LogP contribution is -2.02. The van der Waals surface area contributed by atoms with Gasteiger partial charge in [0.1, 0.15) is 5.82 Å². The Kier molecular flexibility index (Phi) is 3.66. The normalized spacial score (nSPS) is 10.7. The smallest absolute Gasteiger partial charge is 0.199 e. The fourth-order valence-electron chi connectivity index (χ4n) is 1.48. The minimum atomic E-state index is 0.608. The van der Waals surface area contributed by atoms with Gasteiger partial charge in [-0.2, -0.15) is 5.10 Å². The van der Waals surface area contributed by atoms with Gasteiger partial charge in [-0.1, -0.05) is 18.5 Å². The number of aryl methyl sites for hydroxylation is 1. The third kappa shape index (κ3) is 2.16. The molecule has 0 fully saturated rings. The Balaban J connectivity index is 2.67. The average molecular weight is 366 g/mol. The van der Waals surface area contributed by atoms with Crippen molar-refractivity contribution in [3.05, 3.63) is 37.4 Å². The molecular formula is C10H9ClIN3S. The van der Waals surface area contributed by atoms with Crippen molar-refractivity contribution in [2.45, 2.75) is 13.3 Å². The maximum Gasteiger partial charge on any atom is 0.199 e. The van der Waals surface area contributed by atoms with Gasteiger partial charge < -0.3 is 0 Å². The zero-order valence-electron chi connectivity index (χ0n) is 8.50. The monoisotopic (exact) mass is 365 g/mol. The maximum absolute atomic E-state index is 5.93. The molecule has 0 atom stereocenters. The molecule has 0 saturated heterocycles. The second-order valence-corrected chi connectivity index (χ2v) is 5.22. The van der Waals surface area contributed by atoms with E-state index in [-0.39, 0.29) is 0 Å². The van der Waals surface area contributed by atoms with Gasteiger partial charge in [-0.25, -0.2) is 0 Å². The highest BCUT2D eigenvalue weighted by Crippen LogP contribution is 2.22. The molecule has 2 rings (SSSR count). The van der Waals surface area contributed by atoms with Crippen molar-refractivity contribution < 1.29 is 0 Å². The van der Waals surface area contributed by atoms with Gasteiger partial charge >= 0.3 is 0 Å². The van der Waals surface area contributed by atoms with Gasteiger partial charge in [0, 0.05) is 15.0 Å². The van der Waals surface area contributed by atoms with Crippen molar-refractivity contribution in [1.29, 1.82) is 0 Å². The first kappa shape index (κ1) is 12.1. The van der Waals surface area contributed by atoms with E-state index in [1.165, 1.54) is 0 Å². The molecule has 0 saturated carbocycles. The fraction of sp³-hybridized carbons (Fsp3) is 0.200. The first-order valence-corrected chi connectivity index (χ1v) is 6.61. The van der Waals surface area contributed by atoms with Crippen LogP contribution in [0.5, 0.6) is 0 Å². The van der Waals surface area contributed by atoms with Gasteiger partial charge in [0.25, 0.3) is 0 Å². The van der Waals surface area contributed by atoms with E-state index >= 15 is 0 Å². The number of rotatable bonds is 2. The van der Waals surface area contributed by atoms with E-state index < -0.39 is 0 Å². The Bertz CT molecular complexity index is 576. The minimum absolute atomic E-state index is 0.608.